The third kappa shape index (κ3) is 3.05. The van der Waals surface area contributed by atoms with Gasteiger partial charge in [0.2, 0.25) is 11.7 Å². The normalized spacial score (nSPS) is 15.1. The molecule has 2 rings (SSSR count). The summed E-state index contributed by atoms with van der Waals surface area (Å²) in [5.74, 6) is 0.930. The zero-order chi connectivity index (χ0) is 14.8. The first-order valence-electron chi connectivity index (χ1n) is 6.60. The maximum Gasteiger partial charge on any atom is 0.248 e. The van der Waals surface area contributed by atoms with Crippen molar-refractivity contribution in [3.8, 4) is 0 Å². The second kappa shape index (κ2) is 5.73. The van der Waals surface area contributed by atoms with Crippen molar-refractivity contribution >= 4 is 0 Å². The van der Waals surface area contributed by atoms with Gasteiger partial charge in [-0.1, -0.05) is 56.3 Å². The van der Waals surface area contributed by atoms with E-state index in [0.29, 0.717) is 11.7 Å². The second-order valence-electron chi connectivity index (χ2n) is 5.86. The van der Waals surface area contributed by atoms with Gasteiger partial charge < -0.3 is 15.0 Å². The van der Waals surface area contributed by atoms with Gasteiger partial charge in [-0.15, -0.1) is 0 Å². The van der Waals surface area contributed by atoms with Gasteiger partial charge in [0.05, 0.1) is 0 Å². The summed E-state index contributed by atoms with van der Waals surface area (Å²) in [7, 11) is 1.64. The summed E-state index contributed by atoms with van der Waals surface area (Å²) in [6, 6.07) is 9.25. The van der Waals surface area contributed by atoms with Crippen LogP contribution in [0.15, 0.2) is 34.9 Å². The van der Waals surface area contributed by atoms with Crippen LogP contribution >= 0.6 is 0 Å². The van der Waals surface area contributed by atoms with Crippen molar-refractivity contribution in [2.45, 2.75) is 32.9 Å². The number of ether oxygens (including phenoxy) is 1. The number of aromatic nitrogens is 2. The van der Waals surface area contributed by atoms with Gasteiger partial charge >= 0.3 is 0 Å². The molecule has 0 radical (unpaired) electrons. The summed E-state index contributed by atoms with van der Waals surface area (Å²) < 4.78 is 10.8. The Morgan fingerprint density at radius 2 is 1.85 bits per heavy atom. The average molecular weight is 275 g/mol. The fourth-order valence-corrected chi connectivity index (χ4v) is 2.13. The minimum absolute atomic E-state index is 0.118. The van der Waals surface area contributed by atoms with Crippen LogP contribution in [0.4, 0.5) is 0 Å². The Bertz CT molecular complexity index is 546. The number of nitrogens with two attached hydrogens (primary N) is 1. The highest BCUT2D eigenvalue weighted by molar-refractivity contribution is 5.23. The smallest absolute Gasteiger partial charge is 0.248 e. The maximum atomic E-state index is 6.14. The monoisotopic (exact) mass is 275 g/mol. The van der Waals surface area contributed by atoms with Crippen molar-refractivity contribution in [2.75, 3.05) is 7.11 Å². The third-order valence-electron chi connectivity index (χ3n) is 3.14. The van der Waals surface area contributed by atoms with Crippen molar-refractivity contribution in [2.24, 2.45) is 11.1 Å². The molecular weight excluding hydrogens is 254 g/mol. The van der Waals surface area contributed by atoms with Crippen LogP contribution in [0, 0.1) is 5.41 Å². The van der Waals surface area contributed by atoms with E-state index in [2.05, 4.69) is 30.9 Å². The van der Waals surface area contributed by atoms with E-state index in [1.165, 1.54) is 0 Å². The van der Waals surface area contributed by atoms with Crippen LogP contribution in [-0.2, 0) is 4.74 Å². The quantitative estimate of drug-likeness (QED) is 0.928. The summed E-state index contributed by atoms with van der Waals surface area (Å²) in [6.07, 6.45) is -0.233. The van der Waals surface area contributed by atoms with Gasteiger partial charge in [-0.2, -0.15) is 4.98 Å². The molecule has 0 fully saturated rings. The SMILES string of the molecule is COC(c1noc([C@@H](N)c2ccccc2)n1)C(C)(C)C. The predicted octanol–water partition coefficient (Wildman–Crippen LogP) is 2.85. The molecule has 1 unspecified atom stereocenters. The molecule has 1 aromatic heterocycles. The lowest BCUT2D eigenvalue weighted by Gasteiger charge is -2.26. The number of hydrogen-bond acceptors (Lipinski definition) is 5. The molecule has 2 atom stereocenters. The van der Waals surface area contributed by atoms with E-state index in [1.807, 2.05) is 30.3 Å². The molecule has 1 aromatic carbocycles. The highest BCUT2D eigenvalue weighted by Crippen LogP contribution is 2.34. The lowest BCUT2D eigenvalue weighted by molar-refractivity contribution is 0.00718. The molecular formula is C15H21N3O2. The van der Waals surface area contributed by atoms with Gasteiger partial charge in [-0.25, -0.2) is 0 Å². The van der Waals surface area contributed by atoms with Crippen LogP contribution in [0.25, 0.3) is 0 Å². The summed E-state index contributed by atoms with van der Waals surface area (Å²) in [5.41, 5.74) is 6.96. The number of benzene rings is 1. The highest BCUT2D eigenvalue weighted by atomic mass is 16.5. The molecule has 2 N–H and O–H groups in total. The topological polar surface area (TPSA) is 74.2 Å². The van der Waals surface area contributed by atoms with Crippen LogP contribution < -0.4 is 5.73 Å². The summed E-state index contributed by atoms with van der Waals surface area (Å²) >= 11 is 0. The molecule has 2 aromatic rings. The van der Waals surface area contributed by atoms with Gasteiger partial charge in [0.15, 0.2) is 0 Å². The first-order valence-corrected chi connectivity index (χ1v) is 6.60. The van der Waals surface area contributed by atoms with Crippen LogP contribution in [-0.4, -0.2) is 17.3 Å². The van der Waals surface area contributed by atoms with E-state index in [0.717, 1.165) is 5.56 Å². The first-order chi connectivity index (χ1) is 9.43. The summed E-state index contributed by atoms with van der Waals surface area (Å²) in [5, 5.41) is 4.01. The van der Waals surface area contributed by atoms with Crippen molar-refractivity contribution in [3.63, 3.8) is 0 Å². The Morgan fingerprint density at radius 3 is 2.40 bits per heavy atom. The number of methoxy groups -OCH3 is 1. The van der Waals surface area contributed by atoms with Crippen LogP contribution in [0.2, 0.25) is 0 Å². The minimum atomic E-state index is -0.421. The first kappa shape index (κ1) is 14.7. The standard InChI is InChI=1S/C15H21N3O2/c1-15(2,3)12(19-4)13-17-14(20-18-13)11(16)10-8-6-5-7-9-10/h5-9,11-12H,16H2,1-4H3/t11-,12?/m0/s1. The lowest BCUT2D eigenvalue weighted by atomic mass is 9.88. The zero-order valence-electron chi connectivity index (χ0n) is 12.3. The van der Waals surface area contributed by atoms with Gasteiger partial charge in [0.25, 0.3) is 0 Å². The zero-order valence-corrected chi connectivity index (χ0v) is 12.3. The van der Waals surface area contributed by atoms with E-state index in [9.17, 15) is 0 Å². The Hall–Kier alpha value is -1.72. The molecule has 0 spiro atoms. The average Bonchev–Trinajstić information content (AvgIpc) is 2.87. The molecule has 1 heterocycles. The number of rotatable bonds is 4. The lowest BCUT2D eigenvalue weighted by Crippen LogP contribution is -2.21. The number of nitrogens with zero attached hydrogens (tertiary/aromatic N) is 2. The predicted molar refractivity (Wildman–Crippen MR) is 76.0 cm³/mol. The Morgan fingerprint density at radius 1 is 1.20 bits per heavy atom. The fraction of sp³-hybridized carbons (Fsp3) is 0.467. The molecule has 5 nitrogen and oxygen atoms in total. The van der Waals surface area contributed by atoms with E-state index >= 15 is 0 Å². The third-order valence-corrected chi connectivity index (χ3v) is 3.14. The Kier molecular flexibility index (Phi) is 4.20. The summed E-state index contributed by atoms with van der Waals surface area (Å²) in [4.78, 5) is 4.40. The molecule has 0 amide bonds. The molecule has 0 saturated heterocycles. The van der Waals surface area contributed by atoms with Gasteiger partial charge in [0.1, 0.15) is 12.1 Å². The minimum Gasteiger partial charge on any atom is -0.373 e. The summed E-state index contributed by atoms with van der Waals surface area (Å²) in [6.45, 7) is 6.19. The Labute approximate surface area is 119 Å². The molecule has 108 valence electrons. The Balaban J connectivity index is 2.25. The van der Waals surface area contributed by atoms with E-state index in [1.54, 1.807) is 7.11 Å². The number of hydrogen-bond donors (Lipinski definition) is 1. The molecule has 0 aliphatic rings. The van der Waals surface area contributed by atoms with Gasteiger partial charge in [-0.05, 0) is 11.0 Å². The van der Waals surface area contributed by atoms with E-state index in [4.69, 9.17) is 15.0 Å². The van der Waals surface area contributed by atoms with Crippen molar-refractivity contribution in [3.05, 3.63) is 47.6 Å². The van der Waals surface area contributed by atoms with Crippen molar-refractivity contribution in [1.82, 2.24) is 10.1 Å². The van der Waals surface area contributed by atoms with E-state index < -0.39 is 6.04 Å². The molecule has 0 bridgehead atoms. The molecule has 0 aliphatic carbocycles. The molecule has 20 heavy (non-hydrogen) atoms. The van der Waals surface area contributed by atoms with Crippen molar-refractivity contribution in [1.29, 1.82) is 0 Å². The largest absolute Gasteiger partial charge is 0.373 e. The van der Waals surface area contributed by atoms with Gasteiger partial charge in [-0.3, -0.25) is 0 Å². The van der Waals surface area contributed by atoms with E-state index in [-0.39, 0.29) is 11.5 Å². The van der Waals surface area contributed by atoms with Crippen molar-refractivity contribution < 1.29 is 9.26 Å². The molecule has 0 saturated carbocycles. The molecule has 0 aliphatic heterocycles. The molecule has 5 heteroatoms. The fourth-order valence-electron chi connectivity index (χ4n) is 2.13. The van der Waals surface area contributed by atoms with Crippen LogP contribution in [0.5, 0.6) is 0 Å². The van der Waals surface area contributed by atoms with Crippen LogP contribution in [0.1, 0.15) is 50.2 Å². The second-order valence-corrected chi connectivity index (χ2v) is 5.86. The highest BCUT2D eigenvalue weighted by Gasteiger charge is 2.31. The maximum absolute atomic E-state index is 6.14. The van der Waals surface area contributed by atoms with Gasteiger partial charge in [0, 0.05) is 7.11 Å². The van der Waals surface area contributed by atoms with Crippen LogP contribution in [0.3, 0.4) is 0 Å².